The molecule has 1 atom stereocenters. The summed E-state index contributed by atoms with van der Waals surface area (Å²) in [6.07, 6.45) is 1.43. The molecule has 3 N–H and O–H groups in total. The average molecular weight is 262 g/mol. The van der Waals surface area contributed by atoms with E-state index in [0.717, 1.165) is 5.56 Å². The number of hydrogen-bond donors (Lipinski definition) is 2. The second kappa shape index (κ2) is 4.45. The van der Waals surface area contributed by atoms with Crippen LogP contribution in [0, 0.1) is 22.7 Å². The summed E-state index contributed by atoms with van der Waals surface area (Å²) in [6.45, 7) is 0. The molecule has 0 unspecified atom stereocenters. The molecule has 3 rings (SSSR count). The first-order valence-electron chi connectivity index (χ1n) is 5.96. The van der Waals surface area contributed by atoms with Gasteiger partial charge in [0, 0.05) is 0 Å². The molecule has 0 aliphatic carbocycles. The van der Waals surface area contributed by atoms with E-state index in [2.05, 4.69) is 22.6 Å². The van der Waals surface area contributed by atoms with Crippen LogP contribution in [-0.4, -0.2) is 9.78 Å². The van der Waals surface area contributed by atoms with E-state index in [1.54, 1.807) is 0 Å². The number of aromatic nitrogens is 2. The van der Waals surface area contributed by atoms with E-state index in [1.807, 2.05) is 30.3 Å². The van der Waals surface area contributed by atoms with Gasteiger partial charge in [0.05, 0.1) is 17.8 Å². The largest absolute Gasteiger partial charge is 0.383 e. The third-order valence-electron chi connectivity index (χ3n) is 3.22. The fourth-order valence-electron chi connectivity index (χ4n) is 2.24. The lowest BCUT2D eigenvalue weighted by atomic mass is 9.98. The summed E-state index contributed by atoms with van der Waals surface area (Å²) < 4.78 is 1.39. The van der Waals surface area contributed by atoms with Crippen molar-refractivity contribution in [2.24, 2.45) is 5.73 Å². The highest BCUT2D eigenvalue weighted by Gasteiger charge is 2.29. The summed E-state index contributed by atoms with van der Waals surface area (Å²) in [5, 5.41) is 25.6. The molecule has 0 saturated carbocycles. The molecule has 0 radical (unpaired) electrons. The third kappa shape index (κ3) is 1.60. The van der Waals surface area contributed by atoms with E-state index in [9.17, 15) is 5.26 Å². The molecule has 1 aromatic heterocycles. The average Bonchev–Trinajstić information content (AvgIpc) is 2.91. The summed E-state index contributed by atoms with van der Waals surface area (Å²) in [5.41, 5.74) is 7.69. The molecule has 2 aromatic rings. The van der Waals surface area contributed by atoms with Crippen LogP contribution in [-0.2, 0) is 0 Å². The zero-order valence-electron chi connectivity index (χ0n) is 10.4. The minimum absolute atomic E-state index is 0.247. The first-order valence-corrected chi connectivity index (χ1v) is 5.96. The molecule has 2 heterocycles. The van der Waals surface area contributed by atoms with Gasteiger partial charge >= 0.3 is 0 Å². The highest BCUT2D eigenvalue weighted by molar-refractivity contribution is 5.70. The lowest BCUT2D eigenvalue weighted by molar-refractivity contribution is 0.799. The Hall–Kier alpha value is -3.25. The van der Waals surface area contributed by atoms with Crippen LogP contribution in [0.1, 0.15) is 17.2 Å². The number of nitrogens with two attached hydrogens (primary N) is 1. The Bertz CT molecular complexity index is 772. The SMILES string of the molecule is N#CC1=C(N)n2ncc(C#N)c2N[C@@H]1c1ccccc1. The molecule has 0 bridgehead atoms. The lowest BCUT2D eigenvalue weighted by Gasteiger charge is -2.26. The Kier molecular flexibility index (Phi) is 2.63. The zero-order chi connectivity index (χ0) is 14.1. The first-order chi connectivity index (χ1) is 9.76. The smallest absolute Gasteiger partial charge is 0.150 e. The van der Waals surface area contributed by atoms with Crippen molar-refractivity contribution >= 4 is 11.6 Å². The number of anilines is 1. The van der Waals surface area contributed by atoms with Crippen LogP contribution in [0.25, 0.3) is 5.82 Å². The number of fused-ring (bicyclic) bond motifs is 1. The number of rotatable bonds is 1. The highest BCUT2D eigenvalue weighted by Crippen LogP contribution is 2.34. The van der Waals surface area contributed by atoms with Crippen molar-refractivity contribution in [2.45, 2.75) is 6.04 Å². The first kappa shape index (κ1) is 11.8. The van der Waals surface area contributed by atoms with Crippen LogP contribution in [0.4, 0.5) is 5.82 Å². The fraction of sp³-hybridized carbons (Fsp3) is 0.0714. The van der Waals surface area contributed by atoms with Crippen molar-refractivity contribution in [2.75, 3.05) is 5.32 Å². The van der Waals surface area contributed by atoms with Gasteiger partial charge in [-0.25, -0.2) is 0 Å². The van der Waals surface area contributed by atoms with Crippen molar-refractivity contribution < 1.29 is 0 Å². The number of nitrogens with one attached hydrogen (secondary N) is 1. The predicted molar refractivity (Wildman–Crippen MR) is 72.8 cm³/mol. The van der Waals surface area contributed by atoms with Crippen molar-refractivity contribution in [3.8, 4) is 12.1 Å². The van der Waals surface area contributed by atoms with Gasteiger partial charge in [-0.1, -0.05) is 30.3 Å². The normalized spacial score (nSPS) is 16.8. The van der Waals surface area contributed by atoms with Crippen LogP contribution in [0.3, 0.4) is 0 Å². The fourth-order valence-corrected chi connectivity index (χ4v) is 2.24. The summed E-state index contributed by atoms with van der Waals surface area (Å²) in [4.78, 5) is 0. The Morgan fingerprint density at radius 2 is 1.95 bits per heavy atom. The number of nitriles is 2. The molecule has 0 amide bonds. The van der Waals surface area contributed by atoms with E-state index in [4.69, 9.17) is 11.0 Å². The minimum atomic E-state index is -0.377. The van der Waals surface area contributed by atoms with Gasteiger partial charge < -0.3 is 11.1 Å². The number of benzene rings is 1. The van der Waals surface area contributed by atoms with E-state index in [-0.39, 0.29) is 11.9 Å². The second-order valence-electron chi connectivity index (χ2n) is 4.33. The van der Waals surface area contributed by atoms with Crippen molar-refractivity contribution in [1.29, 1.82) is 10.5 Å². The molecule has 0 saturated heterocycles. The Morgan fingerprint density at radius 1 is 1.20 bits per heavy atom. The summed E-state index contributed by atoms with van der Waals surface area (Å²) in [6, 6.07) is 13.3. The van der Waals surface area contributed by atoms with Crippen LogP contribution >= 0.6 is 0 Å². The van der Waals surface area contributed by atoms with Gasteiger partial charge in [0.2, 0.25) is 0 Å². The Balaban J connectivity index is 2.18. The maximum atomic E-state index is 9.35. The van der Waals surface area contributed by atoms with Gasteiger partial charge in [-0.3, -0.25) is 0 Å². The molecule has 0 spiro atoms. The van der Waals surface area contributed by atoms with Gasteiger partial charge in [0.25, 0.3) is 0 Å². The second-order valence-corrected chi connectivity index (χ2v) is 4.33. The monoisotopic (exact) mass is 262 g/mol. The van der Waals surface area contributed by atoms with Crippen molar-refractivity contribution in [1.82, 2.24) is 9.78 Å². The topological polar surface area (TPSA) is 103 Å². The quantitative estimate of drug-likeness (QED) is 0.811. The molecule has 6 heteroatoms. The Morgan fingerprint density at radius 3 is 2.60 bits per heavy atom. The summed E-state index contributed by atoms with van der Waals surface area (Å²) >= 11 is 0. The molecule has 6 nitrogen and oxygen atoms in total. The summed E-state index contributed by atoms with van der Waals surface area (Å²) in [5.74, 6) is 0.759. The molecule has 1 aromatic carbocycles. The summed E-state index contributed by atoms with van der Waals surface area (Å²) in [7, 11) is 0. The molecule has 96 valence electrons. The van der Waals surface area contributed by atoms with Gasteiger partial charge in [0.15, 0.2) is 0 Å². The van der Waals surface area contributed by atoms with Crippen LogP contribution in [0.15, 0.2) is 42.1 Å². The maximum Gasteiger partial charge on any atom is 0.150 e. The van der Waals surface area contributed by atoms with Gasteiger partial charge in [0.1, 0.15) is 29.3 Å². The zero-order valence-corrected chi connectivity index (χ0v) is 10.4. The molecular formula is C14H10N6. The lowest BCUT2D eigenvalue weighted by Crippen LogP contribution is -2.27. The highest BCUT2D eigenvalue weighted by atomic mass is 15.4. The van der Waals surface area contributed by atoms with Crippen LogP contribution < -0.4 is 11.1 Å². The van der Waals surface area contributed by atoms with Gasteiger partial charge in [-0.15, -0.1) is 0 Å². The standard InChI is InChI=1S/C14H10N6/c15-6-10-8-18-20-13(17)11(7-16)12(19-14(10)20)9-4-2-1-3-5-9/h1-5,8,12,19H,17H2/t12-/m1/s1. The van der Waals surface area contributed by atoms with Crippen molar-refractivity contribution in [3.63, 3.8) is 0 Å². The van der Waals surface area contributed by atoms with E-state index in [0.29, 0.717) is 17.0 Å². The van der Waals surface area contributed by atoms with Gasteiger partial charge in [-0.05, 0) is 5.56 Å². The number of nitrogens with zero attached hydrogens (tertiary/aromatic N) is 4. The van der Waals surface area contributed by atoms with Crippen LogP contribution in [0.5, 0.6) is 0 Å². The maximum absolute atomic E-state index is 9.35. The predicted octanol–water partition coefficient (Wildman–Crippen LogP) is 1.57. The van der Waals surface area contributed by atoms with Crippen LogP contribution in [0.2, 0.25) is 0 Å². The molecule has 1 aliphatic rings. The minimum Gasteiger partial charge on any atom is -0.383 e. The van der Waals surface area contributed by atoms with E-state index >= 15 is 0 Å². The molecule has 0 fully saturated rings. The molecule has 20 heavy (non-hydrogen) atoms. The third-order valence-corrected chi connectivity index (χ3v) is 3.22. The van der Waals surface area contributed by atoms with E-state index < -0.39 is 0 Å². The molecular weight excluding hydrogens is 252 g/mol. The van der Waals surface area contributed by atoms with E-state index in [1.165, 1.54) is 10.9 Å². The van der Waals surface area contributed by atoms with Gasteiger partial charge in [-0.2, -0.15) is 20.3 Å². The Labute approximate surface area is 115 Å². The number of hydrogen-bond acceptors (Lipinski definition) is 5. The van der Waals surface area contributed by atoms with Crippen molar-refractivity contribution in [3.05, 3.63) is 53.2 Å². The molecule has 1 aliphatic heterocycles.